The van der Waals surface area contributed by atoms with E-state index in [1.165, 1.54) is 13.0 Å². The van der Waals surface area contributed by atoms with Crippen LogP contribution in [-0.4, -0.2) is 12.8 Å². The largest absolute Gasteiger partial charge is 0.367 e. The van der Waals surface area contributed by atoms with Gasteiger partial charge in [-0.1, -0.05) is 40.2 Å². The van der Waals surface area contributed by atoms with E-state index < -0.39 is 0 Å². The number of para-hydroxylation sites is 1. The summed E-state index contributed by atoms with van der Waals surface area (Å²) in [5, 5.41) is 0. The van der Waals surface area contributed by atoms with Crippen molar-refractivity contribution in [1.29, 1.82) is 0 Å². The van der Waals surface area contributed by atoms with Crippen LogP contribution in [0.3, 0.4) is 0 Å². The van der Waals surface area contributed by atoms with Gasteiger partial charge in [-0.25, -0.2) is 4.39 Å². The molecule has 0 aliphatic carbocycles. The highest BCUT2D eigenvalue weighted by Gasteiger charge is 2.16. The fourth-order valence-electron chi connectivity index (χ4n) is 2.15. The first-order chi connectivity index (χ1) is 9.50. The minimum atomic E-state index is -0.382. The normalized spacial score (nSPS) is 10.4. The average molecular weight is 336 g/mol. The molecular weight excluding hydrogens is 321 g/mol. The Morgan fingerprint density at radius 3 is 2.55 bits per heavy atom. The van der Waals surface area contributed by atoms with Crippen molar-refractivity contribution in [3.63, 3.8) is 0 Å². The first kappa shape index (κ1) is 14.7. The fraction of sp³-hybridized carbons (Fsp3) is 0.188. The van der Waals surface area contributed by atoms with Crippen molar-refractivity contribution in [2.45, 2.75) is 13.5 Å². The van der Waals surface area contributed by atoms with Crippen molar-refractivity contribution in [3.05, 3.63) is 63.9 Å². The van der Waals surface area contributed by atoms with Crippen LogP contribution in [0.5, 0.6) is 0 Å². The van der Waals surface area contributed by atoms with Gasteiger partial charge in [-0.15, -0.1) is 0 Å². The molecule has 0 aliphatic heterocycles. The molecule has 0 saturated carbocycles. The topological polar surface area (TPSA) is 20.3 Å². The molecule has 0 aliphatic rings. The molecule has 2 aromatic carbocycles. The number of hydrogen-bond acceptors (Lipinski definition) is 2. The number of hydrogen-bond donors (Lipinski definition) is 0. The summed E-state index contributed by atoms with van der Waals surface area (Å²) >= 11 is 3.48. The number of anilines is 1. The quantitative estimate of drug-likeness (QED) is 0.770. The molecule has 0 aromatic heterocycles. The number of Topliss-reactive ketones (excluding diaryl/α,β-unsaturated/α-hetero) is 1. The summed E-state index contributed by atoms with van der Waals surface area (Å²) in [6.45, 7) is 1.97. The molecule has 2 nitrogen and oxygen atoms in total. The van der Waals surface area contributed by atoms with Crippen LogP contribution in [0.2, 0.25) is 0 Å². The van der Waals surface area contributed by atoms with Gasteiger partial charge in [0.2, 0.25) is 0 Å². The van der Waals surface area contributed by atoms with E-state index in [1.54, 1.807) is 24.1 Å². The highest BCUT2D eigenvalue weighted by molar-refractivity contribution is 9.10. The molecule has 0 spiro atoms. The molecule has 0 unspecified atom stereocenters. The van der Waals surface area contributed by atoms with Crippen LogP contribution in [0.1, 0.15) is 22.8 Å². The van der Waals surface area contributed by atoms with Gasteiger partial charge in [0.1, 0.15) is 5.82 Å². The number of halogens is 2. The van der Waals surface area contributed by atoms with Crippen LogP contribution in [0.15, 0.2) is 46.9 Å². The summed E-state index contributed by atoms with van der Waals surface area (Å²) in [5.41, 5.74) is 1.78. The van der Waals surface area contributed by atoms with E-state index in [9.17, 15) is 9.18 Å². The second-order valence-electron chi connectivity index (χ2n) is 4.64. The molecule has 104 valence electrons. The standard InChI is InChI=1S/C16H15BrFNO/c1-11(20)13-7-5-9-15(18)16(13)19(2)10-12-6-3-4-8-14(12)17/h3-9H,10H2,1-2H3. The van der Waals surface area contributed by atoms with Gasteiger partial charge in [-0.2, -0.15) is 0 Å². The van der Waals surface area contributed by atoms with Gasteiger partial charge < -0.3 is 4.90 Å². The molecule has 0 radical (unpaired) electrons. The highest BCUT2D eigenvalue weighted by Crippen LogP contribution is 2.27. The molecule has 20 heavy (non-hydrogen) atoms. The zero-order chi connectivity index (χ0) is 14.7. The molecule has 4 heteroatoms. The second kappa shape index (κ2) is 6.18. The van der Waals surface area contributed by atoms with E-state index in [0.717, 1.165) is 10.0 Å². The van der Waals surface area contributed by atoms with Crippen molar-refractivity contribution >= 4 is 27.4 Å². The molecule has 2 rings (SSSR count). The third kappa shape index (κ3) is 3.07. The molecule has 0 N–H and O–H groups in total. The smallest absolute Gasteiger partial charge is 0.161 e. The van der Waals surface area contributed by atoms with Gasteiger partial charge in [0, 0.05) is 23.6 Å². The van der Waals surface area contributed by atoms with Gasteiger partial charge in [0.25, 0.3) is 0 Å². The molecule has 0 bridgehead atoms. The van der Waals surface area contributed by atoms with Crippen LogP contribution in [-0.2, 0) is 6.54 Å². The highest BCUT2D eigenvalue weighted by atomic mass is 79.9. The third-order valence-corrected chi connectivity index (χ3v) is 3.89. The summed E-state index contributed by atoms with van der Waals surface area (Å²) in [6.07, 6.45) is 0. The van der Waals surface area contributed by atoms with Crippen molar-refractivity contribution in [1.82, 2.24) is 0 Å². The van der Waals surface area contributed by atoms with Gasteiger partial charge in [-0.05, 0) is 30.7 Å². The van der Waals surface area contributed by atoms with E-state index in [2.05, 4.69) is 15.9 Å². The van der Waals surface area contributed by atoms with Gasteiger partial charge >= 0.3 is 0 Å². The van der Waals surface area contributed by atoms with E-state index in [1.807, 2.05) is 24.3 Å². The Balaban J connectivity index is 2.37. The monoisotopic (exact) mass is 335 g/mol. The van der Waals surface area contributed by atoms with Crippen LogP contribution in [0.25, 0.3) is 0 Å². The Hall–Kier alpha value is -1.68. The maximum atomic E-state index is 14.1. The zero-order valence-corrected chi connectivity index (χ0v) is 12.9. The summed E-state index contributed by atoms with van der Waals surface area (Å²) in [4.78, 5) is 13.4. The number of benzene rings is 2. The molecule has 0 saturated heterocycles. The molecule has 0 amide bonds. The Kier molecular flexibility index (Phi) is 4.55. The Bertz CT molecular complexity index is 642. The molecule has 0 atom stereocenters. The maximum absolute atomic E-state index is 14.1. The summed E-state index contributed by atoms with van der Waals surface area (Å²) < 4.78 is 15.0. The molecule has 0 fully saturated rings. The van der Waals surface area contributed by atoms with Crippen LogP contribution >= 0.6 is 15.9 Å². The number of nitrogens with zero attached hydrogens (tertiary/aromatic N) is 1. The lowest BCUT2D eigenvalue weighted by molar-refractivity contribution is 0.101. The predicted octanol–water partition coefficient (Wildman–Crippen LogP) is 4.43. The van der Waals surface area contributed by atoms with Crippen LogP contribution in [0.4, 0.5) is 10.1 Å². The Morgan fingerprint density at radius 1 is 1.20 bits per heavy atom. The van der Waals surface area contributed by atoms with Crippen LogP contribution < -0.4 is 4.90 Å². The molecular formula is C16H15BrFNO. The Labute approximate surface area is 126 Å². The third-order valence-electron chi connectivity index (χ3n) is 3.11. The molecule has 2 aromatic rings. The lowest BCUT2D eigenvalue weighted by Crippen LogP contribution is -2.20. The van der Waals surface area contributed by atoms with Gasteiger partial charge in [-0.3, -0.25) is 4.79 Å². The molecule has 0 heterocycles. The van der Waals surface area contributed by atoms with Gasteiger partial charge in [0.05, 0.1) is 5.69 Å². The first-order valence-corrected chi connectivity index (χ1v) is 7.04. The number of carbonyl (C=O) groups excluding carboxylic acids is 1. The summed E-state index contributed by atoms with van der Waals surface area (Å²) in [5.74, 6) is -0.522. The number of rotatable bonds is 4. The minimum absolute atomic E-state index is 0.140. The number of carbonyl (C=O) groups is 1. The minimum Gasteiger partial charge on any atom is -0.367 e. The predicted molar refractivity (Wildman–Crippen MR) is 82.7 cm³/mol. The van der Waals surface area contributed by atoms with E-state index in [-0.39, 0.29) is 11.6 Å². The van der Waals surface area contributed by atoms with E-state index in [4.69, 9.17) is 0 Å². The summed E-state index contributed by atoms with van der Waals surface area (Å²) in [6, 6.07) is 12.3. The zero-order valence-electron chi connectivity index (χ0n) is 11.4. The van der Waals surface area contributed by atoms with Crippen LogP contribution in [0, 0.1) is 5.82 Å². The van der Waals surface area contributed by atoms with Crippen molar-refractivity contribution in [3.8, 4) is 0 Å². The lowest BCUT2D eigenvalue weighted by Gasteiger charge is -2.23. The average Bonchev–Trinajstić information content (AvgIpc) is 2.40. The van der Waals surface area contributed by atoms with E-state index in [0.29, 0.717) is 17.8 Å². The Morgan fingerprint density at radius 2 is 1.90 bits per heavy atom. The maximum Gasteiger partial charge on any atom is 0.161 e. The lowest BCUT2D eigenvalue weighted by atomic mass is 10.1. The van der Waals surface area contributed by atoms with Crippen molar-refractivity contribution in [2.75, 3.05) is 11.9 Å². The first-order valence-electron chi connectivity index (χ1n) is 6.24. The van der Waals surface area contributed by atoms with Crippen molar-refractivity contribution < 1.29 is 9.18 Å². The second-order valence-corrected chi connectivity index (χ2v) is 5.49. The van der Waals surface area contributed by atoms with Crippen molar-refractivity contribution in [2.24, 2.45) is 0 Å². The number of ketones is 1. The van der Waals surface area contributed by atoms with Gasteiger partial charge in [0.15, 0.2) is 5.78 Å². The fourth-order valence-corrected chi connectivity index (χ4v) is 2.56. The van der Waals surface area contributed by atoms with E-state index >= 15 is 0 Å². The summed E-state index contributed by atoms with van der Waals surface area (Å²) in [7, 11) is 1.78. The SMILES string of the molecule is CC(=O)c1cccc(F)c1N(C)Cc1ccccc1Br.